The van der Waals surface area contributed by atoms with Crippen LogP contribution >= 0.6 is 0 Å². The number of unbranched alkanes of at least 4 members (excludes halogenated alkanes) is 11. The maximum atomic E-state index is 13.0. The van der Waals surface area contributed by atoms with Gasteiger partial charge < -0.3 is 0 Å². The lowest BCUT2D eigenvalue weighted by molar-refractivity contribution is -0.124. The van der Waals surface area contributed by atoms with Gasteiger partial charge in [0.25, 0.3) is 10.0 Å². The van der Waals surface area contributed by atoms with Gasteiger partial charge in [-0.15, -0.1) is 0 Å². The second kappa shape index (κ2) is 13.1. The van der Waals surface area contributed by atoms with E-state index in [1.54, 1.807) is 24.3 Å². The molecule has 0 spiro atoms. The third-order valence-electron chi connectivity index (χ3n) is 6.24. The van der Waals surface area contributed by atoms with Crippen molar-refractivity contribution in [1.29, 1.82) is 0 Å². The fraction of sp³-hybridized carbons (Fsp3) is 0.720. The molecule has 1 fully saturated rings. The van der Waals surface area contributed by atoms with Gasteiger partial charge in [-0.1, -0.05) is 102 Å². The second-order valence-electron chi connectivity index (χ2n) is 8.88. The predicted molar refractivity (Wildman–Crippen MR) is 124 cm³/mol. The smallest absolute Gasteiger partial charge is 0.266 e. The van der Waals surface area contributed by atoms with Crippen molar-refractivity contribution in [3.05, 3.63) is 29.8 Å². The summed E-state index contributed by atoms with van der Waals surface area (Å²) in [4.78, 5) is 12.6. The summed E-state index contributed by atoms with van der Waals surface area (Å²) in [5.41, 5.74) is 1.01. The third-order valence-corrected chi connectivity index (χ3v) is 8.13. The Morgan fingerprint density at radius 2 is 1.33 bits per heavy atom. The van der Waals surface area contributed by atoms with Crippen LogP contribution in [-0.4, -0.2) is 24.7 Å². The van der Waals surface area contributed by atoms with E-state index in [1.807, 2.05) is 6.92 Å². The lowest BCUT2D eigenvalue weighted by atomic mass is 10.0. The summed E-state index contributed by atoms with van der Waals surface area (Å²) in [6.07, 6.45) is 17.2. The number of carbonyl (C=O) groups is 1. The highest BCUT2D eigenvalue weighted by Gasteiger charge is 2.39. The topological polar surface area (TPSA) is 54.5 Å². The molecule has 1 atom stereocenters. The number of carbonyl (C=O) groups excluding carboxylic acids is 1. The van der Waals surface area contributed by atoms with Gasteiger partial charge in [0.1, 0.15) is 0 Å². The molecule has 1 heterocycles. The molecule has 0 saturated carbocycles. The van der Waals surface area contributed by atoms with Gasteiger partial charge in [-0.25, -0.2) is 12.7 Å². The highest BCUT2D eigenvalue weighted by Crippen LogP contribution is 2.30. The average molecular weight is 436 g/mol. The lowest BCUT2D eigenvalue weighted by Gasteiger charge is -2.24. The van der Waals surface area contributed by atoms with E-state index >= 15 is 0 Å². The normalized spacial score (nSPS) is 17.1. The Hall–Kier alpha value is -1.36. The van der Waals surface area contributed by atoms with Crippen LogP contribution in [0.5, 0.6) is 0 Å². The van der Waals surface area contributed by atoms with E-state index in [2.05, 4.69) is 6.92 Å². The van der Waals surface area contributed by atoms with E-state index in [4.69, 9.17) is 0 Å². The first-order chi connectivity index (χ1) is 14.5. The van der Waals surface area contributed by atoms with Crippen molar-refractivity contribution in [3.8, 4) is 0 Å². The van der Waals surface area contributed by atoms with Gasteiger partial charge in [-0.3, -0.25) is 4.79 Å². The Bertz CT molecular complexity index is 727. The van der Waals surface area contributed by atoms with Crippen molar-refractivity contribution in [2.75, 3.05) is 0 Å². The summed E-state index contributed by atoms with van der Waals surface area (Å²) in [5.74, 6) is -0.250. The van der Waals surface area contributed by atoms with Crippen LogP contribution in [0.25, 0.3) is 0 Å². The Labute approximate surface area is 184 Å². The van der Waals surface area contributed by atoms with E-state index in [0.29, 0.717) is 12.8 Å². The number of rotatable bonds is 15. The van der Waals surface area contributed by atoms with Crippen LogP contribution in [0.15, 0.2) is 29.2 Å². The molecule has 170 valence electrons. The zero-order chi connectivity index (χ0) is 21.8. The molecule has 1 saturated heterocycles. The molecular weight excluding hydrogens is 394 g/mol. The molecule has 0 radical (unpaired) electrons. The number of aryl methyl sites for hydroxylation is 1. The quantitative estimate of drug-likeness (QED) is 0.286. The van der Waals surface area contributed by atoms with Crippen LogP contribution in [0.1, 0.15) is 109 Å². The van der Waals surface area contributed by atoms with Crippen LogP contribution in [0.2, 0.25) is 0 Å². The first-order valence-electron chi connectivity index (χ1n) is 12.1. The molecule has 1 aliphatic rings. The molecule has 0 N–H and O–H groups in total. The minimum atomic E-state index is -3.74. The minimum Gasteiger partial charge on any atom is -0.274 e. The zero-order valence-corrected chi connectivity index (χ0v) is 19.9. The summed E-state index contributed by atoms with van der Waals surface area (Å²) in [6, 6.07) is 6.61. The summed E-state index contributed by atoms with van der Waals surface area (Å²) in [6.45, 7) is 4.18. The van der Waals surface area contributed by atoms with E-state index in [0.717, 1.165) is 24.8 Å². The first-order valence-corrected chi connectivity index (χ1v) is 13.5. The second-order valence-corrected chi connectivity index (χ2v) is 10.7. The van der Waals surface area contributed by atoms with Crippen LogP contribution in [0.4, 0.5) is 0 Å². The van der Waals surface area contributed by atoms with Crippen LogP contribution < -0.4 is 0 Å². The lowest BCUT2D eigenvalue weighted by Crippen LogP contribution is -2.38. The Morgan fingerprint density at radius 3 is 1.87 bits per heavy atom. The molecule has 0 unspecified atom stereocenters. The minimum absolute atomic E-state index is 0.174. The Kier molecular flexibility index (Phi) is 10.9. The van der Waals surface area contributed by atoms with Gasteiger partial charge in [0.05, 0.1) is 4.90 Å². The van der Waals surface area contributed by atoms with Crippen molar-refractivity contribution in [2.45, 2.75) is 121 Å². The van der Waals surface area contributed by atoms with Gasteiger partial charge >= 0.3 is 0 Å². The SMILES string of the molecule is CCCCCCCCCCCCCC[C@@H]1CCC(=O)N1S(=O)(=O)c1ccc(C)cc1. The number of amides is 1. The number of sulfonamides is 1. The van der Waals surface area contributed by atoms with Gasteiger partial charge in [-0.05, 0) is 31.9 Å². The van der Waals surface area contributed by atoms with E-state index in [9.17, 15) is 13.2 Å². The van der Waals surface area contributed by atoms with Gasteiger partial charge in [0, 0.05) is 12.5 Å². The number of nitrogens with zero attached hydrogens (tertiary/aromatic N) is 1. The Morgan fingerprint density at radius 1 is 0.833 bits per heavy atom. The fourth-order valence-electron chi connectivity index (χ4n) is 4.36. The number of hydrogen-bond acceptors (Lipinski definition) is 3. The molecule has 4 nitrogen and oxygen atoms in total. The van der Waals surface area contributed by atoms with E-state index in [-0.39, 0.29) is 16.8 Å². The van der Waals surface area contributed by atoms with Gasteiger partial charge in [-0.2, -0.15) is 0 Å². The van der Waals surface area contributed by atoms with Gasteiger partial charge in [0.2, 0.25) is 5.91 Å². The molecule has 1 amide bonds. The fourth-order valence-corrected chi connectivity index (χ4v) is 6.03. The van der Waals surface area contributed by atoms with Crippen LogP contribution in [-0.2, 0) is 14.8 Å². The first kappa shape index (κ1) is 24.9. The molecule has 30 heavy (non-hydrogen) atoms. The Balaban J connectivity index is 1.66. The molecule has 0 aromatic heterocycles. The molecule has 5 heteroatoms. The van der Waals surface area contributed by atoms with Crippen molar-refractivity contribution in [2.24, 2.45) is 0 Å². The van der Waals surface area contributed by atoms with Crippen molar-refractivity contribution in [3.63, 3.8) is 0 Å². The standard InChI is InChI=1S/C25H41NO3S/c1-3-4-5-6-7-8-9-10-11-12-13-14-15-23-18-21-25(27)26(23)30(28,29)24-19-16-22(2)17-20-24/h16-17,19-20,23H,3-15,18,21H2,1-2H3/t23-/m1/s1. The van der Waals surface area contributed by atoms with Crippen LogP contribution in [0, 0.1) is 6.92 Å². The summed E-state index contributed by atoms with van der Waals surface area (Å²) in [7, 11) is -3.74. The van der Waals surface area contributed by atoms with Crippen molar-refractivity contribution < 1.29 is 13.2 Å². The van der Waals surface area contributed by atoms with E-state index < -0.39 is 10.0 Å². The predicted octanol–water partition coefficient (Wildman–Crippen LogP) is 6.77. The van der Waals surface area contributed by atoms with Crippen LogP contribution in [0.3, 0.4) is 0 Å². The number of hydrogen-bond donors (Lipinski definition) is 0. The molecular formula is C25H41NO3S. The maximum absolute atomic E-state index is 13.0. The maximum Gasteiger partial charge on any atom is 0.266 e. The number of benzene rings is 1. The third kappa shape index (κ3) is 7.72. The molecule has 0 aliphatic carbocycles. The van der Waals surface area contributed by atoms with Crippen molar-refractivity contribution >= 4 is 15.9 Å². The average Bonchev–Trinajstić information content (AvgIpc) is 3.10. The molecule has 1 aromatic rings. The van der Waals surface area contributed by atoms with Crippen molar-refractivity contribution in [1.82, 2.24) is 4.31 Å². The highest BCUT2D eigenvalue weighted by atomic mass is 32.2. The largest absolute Gasteiger partial charge is 0.274 e. The molecule has 0 bridgehead atoms. The van der Waals surface area contributed by atoms with Gasteiger partial charge in [0.15, 0.2) is 0 Å². The summed E-state index contributed by atoms with van der Waals surface area (Å²) < 4.78 is 27.2. The molecule has 1 aromatic carbocycles. The molecule has 2 rings (SSSR count). The summed E-state index contributed by atoms with van der Waals surface area (Å²) >= 11 is 0. The monoisotopic (exact) mass is 435 g/mol. The highest BCUT2D eigenvalue weighted by molar-refractivity contribution is 7.89. The molecule has 1 aliphatic heterocycles. The zero-order valence-electron chi connectivity index (χ0n) is 19.1. The van der Waals surface area contributed by atoms with E-state index in [1.165, 1.54) is 68.5 Å². The summed E-state index contributed by atoms with van der Waals surface area (Å²) in [5, 5.41) is 0.